The van der Waals surface area contributed by atoms with Gasteiger partial charge in [0.1, 0.15) is 0 Å². The zero-order chi connectivity index (χ0) is 19.8. The van der Waals surface area contributed by atoms with Gasteiger partial charge in [0.15, 0.2) is 5.96 Å². The number of piperazine rings is 1. The Hall–Kier alpha value is -0.510. The highest BCUT2D eigenvalue weighted by Crippen LogP contribution is 2.51. The van der Waals surface area contributed by atoms with Crippen LogP contribution in [-0.2, 0) is 0 Å². The highest BCUT2D eigenvalue weighted by molar-refractivity contribution is 14.0. The molecule has 7 heteroatoms. The molecule has 1 atom stereocenters. The van der Waals surface area contributed by atoms with Crippen LogP contribution in [-0.4, -0.2) is 79.9 Å². The van der Waals surface area contributed by atoms with Crippen molar-refractivity contribution in [3.8, 4) is 0 Å². The lowest BCUT2D eigenvalue weighted by atomic mass is 10.1. The van der Waals surface area contributed by atoms with Crippen molar-refractivity contribution < 1.29 is 0 Å². The molecule has 1 aromatic rings. The van der Waals surface area contributed by atoms with Gasteiger partial charge in [0, 0.05) is 55.5 Å². The summed E-state index contributed by atoms with van der Waals surface area (Å²) < 4.78 is 0.301. The van der Waals surface area contributed by atoms with Crippen molar-refractivity contribution in [2.45, 2.75) is 36.3 Å². The maximum atomic E-state index is 4.93. The Kier molecular flexibility index (Phi) is 10.6. The van der Waals surface area contributed by atoms with Crippen molar-refractivity contribution in [2.75, 3.05) is 59.4 Å². The monoisotopic (exact) mass is 531 g/mol. The van der Waals surface area contributed by atoms with Crippen LogP contribution < -0.4 is 10.6 Å². The van der Waals surface area contributed by atoms with Gasteiger partial charge in [-0.05, 0) is 44.9 Å². The van der Waals surface area contributed by atoms with Crippen LogP contribution in [0.3, 0.4) is 0 Å². The highest BCUT2D eigenvalue weighted by Gasteiger charge is 2.43. The standard InChI is InChI=1S/C22H37N5S.HI/c1-4-23-21(24-16-19(2)17-27-14-12-26(3)13-15-27)25-18-22(10-11-22)28-20-8-6-5-7-9-20;/h5-9,19H,4,10-18H2,1-3H3,(H2,23,24,25);1H. The van der Waals surface area contributed by atoms with Gasteiger partial charge in [-0.15, -0.1) is 35.7 Å². The quantitative estimate of drug-likeness (QED) is 0.291. The molecule has 1 heterocycles. The summed E-state index contributed by atoms with van der Waals surface area (Å²) in [5.74, 6) is 1.58. The topological polar surface area (TPSA) is 42.9 Å². The van der Waals surface area contributed by atoms with E-state index < -0.39 is 0 Å². The number of aliphatic imine (C=N–C) groups is 1. The molecule has 1 saturated carbocycles. The highest BCUT2D eigenvalue weighted by atomic mass is 127. The van der Waals surface area contributed by atoms with E-state index in [9.17, 15) is 0 Å². The van der Waals surface area contributed by atoms with Gasteiger partial charge in [-0.1, -0.05) is 25.1 Å². The molecule has 29 heavy (non-hydrogen) atoms. The molecule has 164 valence electrons. The first-order chi connectivity index (χ1) is 13.6. The maximum Gasteiger partial charge on any atom is 0.191 e. The minimum atomic E-state index is 0. The Bertz CT molecular complexity index is 615. The fourth-order valence-electron chi connectivity index (χ4n) is 3.54. The molecule has 0 spiro atoms. The van der Waals surface area contributed by atoms with Crippen LogP contribution in [0.2, 0.25) is 0 Å². The van der Waals surface area contributed by atoms with Crippen LogP contribution in [0.5, 0.6) is 0 Å². The summed E-state index contributed by atoms with van der Waals surface area (Å²) in [7, 11) is 2.21. The number of hydrogen-bond donors (Lipinski definition) is 2. The fourth-order valence-corrected chi connectivity index (χ4v) is 4.77. The first-order valence-corrected chi connectivity index (χ1v) is 11.6. The largest absolute Gasteiger partial charge is 0.357 e. The second-order valence-electron chi connectivity index (χ2n) is 8.38. The van der Waals surface area contributed by atoms with Gasteiger partial charge < -0.3 is 20.4 Å². The first-order valence-electron chi connectivity index (χ1n) is 10.8. The van der Waals surface area contributed by atoms with Gasteiger partial charge in [0.25, 0.3) is 0 Å². The molecular weight excluding hydrogens is 493 g/mol. The Balaban J connectivity index is 0.00000300. The summed E-state index contributed by atoms with van der Waals surface area (Å²) in [5, 5.41) is 7.00. The van der Waals surface area contributed by atoms with E-state index in [0.29, 0.717) is 10.7 Å². The van der Waals surface area contributed by atoms with Crippen LogP contribution in [0, 0.1) is 5.92 Å². The zero-order valence-electron chi connectivity index (χ0n) is 18.2. The Morgan fingerprint density at radius 2 is 1.83 bits per heavy atom. The van der Waals surface area contributed by atoms with E-state index in [0.717, 1.165) is 32.1 Å². The molecule has 0 amide bonds. The number of rotatable bonds is 9. The Morgan fingerprint density at radius 1 is 1.14 bits per heavy atom. The maximum absolute atomic E-state index is 4.93. The van der Waals surface area contributed by atoms with Gasteiger partial charge in [0.2, 0.25) is 0 Å². The van der Waals surface area contributed by atoms with Crippen molar-refractivity contribution >= 4 is 41.7 Å². The molecular formula is C22H38IN5S. The second kappa shape index (κ2) is 12.4. The van der Waals surface area contributed by atoms with Crippen LogP contribution in [0.4, 0.5) is 0 Å². The van der Waals surface area contributed by atoms with Crippen molar-refractivity contribution in [1.29, 1.82) is 0 Å². The number of thioether (sulfide) groups is 1. The minimum Gasteiger partial charge on any atom is -0.357 e. The number of halogens is 1. The summed E-state index contributed by atoms with van der Waals surface area (Å²) in [6.07, 6.45) is 2.52. The van der Waals surface area contributed by atoms with E-state index in [2.05, 4.69) is 71.7 Å². The molecule has 1 unspecified atom stereocenters. The van der Waals surface area contributed by atoms with Gasteiger partial charge >= 0.3 is 0 Å². The molecule has 1 aromatic carbocycles. The van der Waals surface area contributed by atoms with Gasteiger partial charge in [-0.3, -0.25) is 4.99 Å². The number of nitrogens with one attached hydrogen (secondary N) is 2. The molecule has 2 aliphatic rings. The number of benzene rings is 1. The smallest absolute Gasteiger partial charge is 0.191 e. The summed E-state index contributed by atoms with van der Waals surface area (Å²) in [5.41, 5.74) is 0. The van der Waals surface area contributed by atoms with E-state index in [1.54, 1.807) is 0 Å². The molecule has 1 saturated heterocycles. The van der Waals surface area contributed by atoms with E-state index in [-0.39, 0.29) is 24.0 Å². The zero-order valence-corrected chi connectivity index (χ0v) is 21.3. The van der Waals surface area contributed by atoms with Crippen LogP contribution >= 0.6 is 35.7 Å². The predicted octanol–water partition coefficient (Wildman–Crippen LogP) is 3.37. The summed E-state index contributed by atoms with van der Waals surface area (Å²) in [4.78, 5) is 11.3. The van der Waals surface area contributed by atoms with Crippen LogP contribution in [0.25, 0.3) is 0 Å². The van der Waals surface area contributed by atoms with E-state index in [1.807, 2.05) is 11.8 Å². The lowest BCUT2D eigenvalue weighted by molar-refractivity contribution is 0.139. The molecule has 1 aliphatic heterocycles. The number of likely N-dealkylation sites (N-methyl/N-ethyl adjacent to an activating group) is 1. The SMILES string of the molecule is CCNC(=NCC1(Sc2ccccc2)CC1)NCC(C)CN1CCN(C)CC1.I. The molecule has 5 nitrogen and oxygen atoms in total. The summed E-state index contributed by atoms with van der Waals surface area (Å²) in [6, 6.07) is 10.7. The van der Waals surface area contributed by atoms with E-state index in [1.165, 1.54) is 43.9 Å². The van der Waals surface area contributed by atoms with Crippen molar-refractivity contribution in [1.82, 2.24) is 20.4 Å². The molecule has 2 fully saturated rings. The van der Waals surface area contributed by atoms with Crippen molar-refractivity contribution in [3.63, 3.8) is 0 Å². The predicted molar refractivity (Wildman–Crippen MR) is 137 cm³/mol. The molecule has 0 bridgehead atoms. The summed E-state index contributed by atoms with van der Waals surface area (Å²) >= 11 is 1.99. The van der Waals surface area contributed by atoms with Gasteiger partial charge in [-0.25, -0.2) is 0 Å². The minimum absolute atomic E-state index is 0. The van der Waals surface area contributed by atoms with Crippen LogP contribution in [0.15, 0.2) is 40.2 Å². The second-order valence-corrected chi connectivity index (χ2v) is 9.92. The third kappa shape index (κ3) is 8.63. The lowest BCUT2D eigenvalue weighted by Crippen LogP contribution is -2.47. The number of nitrogens with zero attached hydrogens (tertiary/aromatic N) is 3. The van der Waals surface area contributed by atoms with Gasteiger partial charge in [-0.2, -0.15) is 0 Å². The summed E-state index contributed by atoms with van der Waals surface area (Å²) in [6.45, 7) is 13.1. The third-order valence-corrected chi connectivity index (χ3v) is 7.02. The van der Waals surface area contributed by atoms with Crippen molar-refractivity contribution in [3.05, 3.63) is 30.3 Å². The lowest BCUT2D eigenvalue weighted by Gasteiger charge is -2.34. The molecule has 1 aliphatic carbocycles. The number of hydrogen-bond acceptors (Lipinski definition) is 4. The van der Waals surface area contributed by atoms with Crippen molar-refractivity contribution in [2.24, 2.45) is 10.9 Å². The fraction of sp³-hybridized carbons (Fsp3) is 0.682. The third-order valence-electron chi connectivity index (χ3n) is 5.54. The Labute approximate surface area is 198 Å². The average molecular weight is 532 g/mol. The van der Waals surface area contributed by atoms with Gasteiger partial charge in [0.05, 0.1) is 6.54 Å². The molecule has 2 N–H and O–H groups in total. The average Bonchev–Trinajstić information content (AvgIpc) is 3.46. The van der Waals surface area contributed by atoms with Crippen LogP contribution in [0.1, 0.15) is 26.7 Å². The Morgan fingerprint density at radius 3 is 2.45 bits per heavy atom. The van der Waals surface area contributed by atoms with E-state index in [4.69, 9.17) is 4.99 Å². The number of guanidine groups is 1. The molecule has 0 aromatic heterocycles. The van der Waals surface area contributed by atoms with E-state index >= 15 is 0 Å². The molecule has 3 rings (SSSR count). The normalized spacial score (nSPS) is 20.6. The molecule has 0 radical (unpaired) electrons. The first kappa shape index (κ1) is 24.8.